The number of hydrogen-bond acceptors (Lipinski definition) is 2. The third-order valence-electron chi connectivity index (χ3n) is 4.25. The van der Waals surface area contributed by atoms with E-state index in [0.717, 1.165) is 18.4 Å². The van der Waals surface area contributed by atoms with E-state index < -0.39 is 0 Å². The lowest BCUT2D eigenvalue weighted by Crippen LogP contribution is -2.66. The van der Waals surface area contributed by atoms with Crippen molar-refractivity contribution in [3.63, 3.8) is 0 Å². The number of rotatable bonds is 5. The van der Waals surface area contributed by atoms with E-state index in [1.807, 2.05) is 30.3 Å². The number of benzene rings is 1. The van der Waals surface area contributed by atoms with Crippen molar-refractivity contribution in [1.29, 1.82) is 0 Å². The van der Waals surface area contributed by atoms with Crippen LogP contribution in [0, 0.1) is 5.41 Å². The van der Waals surface area contributed by atoms with Crippen LogP contribution >= 0.6 is 0 Å². The first-order chi connectivity index (χ1) is 8.65. The lowest BCUT2D eigenvalue weighted by Gasteiger charge is -2.53. The minimum absolute atomic E-state index is 0.135. The van der Waals surface area contributed by atoms with Crippen molar-refractivity contribution in [2.75, 3.05) is 0 Å². The van der Waals surface area contributed by atoms with Crippen LogP contribution in [0.15, 0.2) is 30.3 Å². The predicted molar refractivity (Wildman–Crippen MR) is 70.6 cm³/mol. The molecule has 1 aliphatic rings. The maximum atomic E-state index is 12.2. The average molecular weight is 247 g/mol. The van der Waals surface area contributed by atoms with Gasteiger partial charge in [0.25, 0.3) is 5.91 Å². The highest BCUT2D eigenvalue weighted by Crippen LogP contribution is 2.45. The largest absolute Gasteiger partial charge is 0.272 e. The number of carbonyl (C=O) groups excluding carboxylic acids is 1. The summed E-state index contributed by atoms with van der Waals surface area (Å²) < 4.78 is 0. The summed E-state index contributed by atoms with van der Waals surface area (Å²) in [7, 11) is 0. The molecule has 1 aliphatic heterocycles. The van der Waals surface area contributed by atoms with Gasteiger partial charge < -0.3 is 0 Å². The van der Waals surface area contributed by atoms with E-state index in [9.17, 15) is 4.79 Å². The highest BCUT2D eigenvalue weighted by atomic mass is 16.7. The summed E-state index contributed by atoms with van der Waals surface area (Å²) in [6.07, 6.45) is 1.77. The molecular weight excluding hydrogens is 226 g/mol. The van der Waals surface area contributed by atoms with Crippen molar-refractivity contribution in [2.24, 2.45) is 5.41 Å². The Labute approximate surface area is 109 Å². The molecule has 3 nitrogen and oxygen atoms in total. The van der Waals surface area contributed by atoms with E-state index in [2.05, 4.69) is 20.8 Å². The molecule has 1 saturated heterocycles. The number of hydroxylamine groups is 2. The molecule has 3 heteroatoms. The van der Waals surface area contributed by atoms with E-state index >= 15 is 0 Å². The van der Waals surface area contributed by atoms with Crippen LogP contribution in [-0.2, 0) is 16.2 Å². The molecule has 1 aromatic rings. The summed E-state index contributed by atoms with van der Waals surface area (Å²) in [5.41, 5.74) is 0.888. The third kappa shape index (κ3) is 1.93. The van der Waals surface area contributed by atoms with Crippen molar-refractivity contribution in [1.82, 2.24) is 5.06 Å². The molecule has 1 unspecified atom stereocenters. The molecule has 0 saturated carbocycles. The maximum absolute atomic E-state index is 12.2. The Morgan fingerprint density at radius 2 is 1.83 bits per heavy atom. The van der Waals surface area contributed by atoms with E-state index in [0.29, 0.717) is 6.61 Å². The monoisotopic (exact) mass is 247 g/mol. The van der Waals surface area contributed by atoms with Crippen molar-refractivity contribution in [3.8, 4) is 0 Å². The van der Waals surface area contributed by atoms with Gasteiger partial charge in [-0.2, -0.15) is 0 Å². The molecule has 0 bridgehead atoms. The first-order valence-corrected chi connectivity index (χ1v) is 6.66. The van der Waals surface area contributed by atoms with Gasteiger partial charge in [0.1, 0.15) is 6.61 Å². The van der Waals surface area contributed by atoms with E-state index in [1.54, 1.807) is 5.06 Å². The van der Waals surface area contributed by atoms with Crippen molar-refractivity contribution in [3.05, 3.63) is 35.9 Å². The summed E-state index contributed by atoms with van der Waals surface area (Å²) in [6, 6.07) is 10.1. The van der Waals surface area contributed by atoms with Gasteiger partial charge in [-0.1, -0.05) is 44.2 Å². The standard InChI is InChI=1S/C15H21NO2/c1-4-15(5-2)12(3)16(14(15)17)18-11-13-9-7-6-8-10-13/h6-10,12H,4-5,11H2,1-3H3. The fourth-order valence-corrected chi connectivity index (χ4v) is 2.76. The van der Waals surface area contributed by atoms with Gasteiger partial charge >= 0.3 is 0 Å². The van der Waals surface area contributed by atoms with E-state index in [1.165, 1.54) is 0 Å². The molecule has 18 heavy (non-hydrogen) atoms. The topological polar surface area (TPSA) is 29.5 Å². The summed E-state index contributed by atoms with van der Waals surface area (Å²) in [4.78, 5) is 17.8. The van der Waals surface area contributed by atoms with E-state index in [4.69, 9.17) is 4.84 Å². The lowest BCUT2D eigenvalue weighted by molar-refractivity contribution is -0.267. The minimum atomic E-state index is -0.198. The Hall–Kier alpha value is -1.35. The Balaban J connectivity index is 1.95. The quantitative estimate of drug-likeness (QED) is 0.748. The summed E-state index contributed by atoms with van der Waals surface area (Å²) in [5, 5.41) is 1.54. The molecule has 0 N–H and O–H groups in total. The van der Waals surface area contributed by atoms with Gasteiger partial charge in [0.05, 0.1) is 11.5 Å². The molecule has 98 valence electrons. The number of amides is 1. The second-order valence-corrected chi connectivity index (χ2v) is 4.93. The van der Waals surface area contributed by atoms with Crippen LogP contribution in [-0.4, -0.2) is 17.0 Å². The van der Waals surface area contributed by atoms with Crippen LogP contribution in [0.4, 0.5) is 0 Å². The van der Waals surface area contributed by atoms with Crippen LogP contribution in [0.2, 0.25) is 0 Å². The molecule has 1 heterocycles. The van der Waals surface area contributed by atoms with Gasteiger partial charge in [-0.05, 0) is 25.3 Å². The molecule has 0 aromatic heterocycles. The molecule has 1 amide bonds. The van der Waals surface area contributed by atoms with Crippen LogP contribution in [0.3, 0.4) is 0 Å². The molecule has 2 rings (SSSR count). The van der Waals surface area contributed by atoms with Gasteiger partial charge in [0, 0.05) is 0 Å². The first-order valence-electron chi connectivity index (χ1n) is 6.66. The zero-order valence-electron chi connectivity index (χ0n) is 11.3. The zero-order valence-corrected chi connectivity index (χ0v) is 11.3. The Morgan fingerprint density at radius 3 is 2.33 bits per heavy atom. The summed E-state index contributed by atoms with van der Waals surface area (Å²) >= 11 is 0. The predicted octanol–water partition coefficient (Wildman–Crippen LogP) is 3.16. The molecule has 1 fully saturated rings. The molecule has 0 radical (unpaired) electrons. The number of hydrogen-bond donors (Lipinski definition) is 0. The second-order valence-electron chi connectivity index (χ2n) is 4.93. The number of nitrogens with zero attached hydrogens (tertiary/aromatic N) is 1. The fraction of sp³-hybridized carbons (Fsp3) is 0.533. The highest BCUT2D eigenvalue weighted by Gasteiger charge is 2.57. The maximum Gasteiger partial charge on any atom is 0.254 e. The Bertz CT molecular complexity index is 412. The minimum Gasteiger partial charge on any atom is -0.272 e. The van der Waals surface area contributed by atoms with Crippen LogP contribution < -0.4 is 0 Å². The van der Waals surface area contributed by atoms with Gasteiger partial charge in [0.15, 0.2) is 0 Å². The number of β-lactam (4-membered cyclic amide) rings is 1. The summed E-state index contributed by atoms with van der Waals surface area (Å²) in [5.74, 6) is 0.135. The van der Waals surface area contributed by atoms with Gasteiger partial charge in [-0.15, -0.1) is 0 Å². The SMILES string of the molecule is CCC1(CC)C(=O)N(OCc2ccccc2)C1C. The Morgan fingerprint density at radius 1 is 1.22 bits per heavy atom. The van der Waals surface area contributed by atoms with Gasteiger partial charge in [-0.25, -0.2) is 5.06 Å². The van der Waals surface area contributed by atoms with Crippen LogP contribution in [0.5, 0.6) is 0 Å². The van der Waals surface area contributed by atoms with Crippen molar-refractivity contribution in [2.45, 2.75) is 46.3 Å². The Kier molecular flexibility index (Phi) is 3.71. The third-order valence-corrected chi connectivity index (χ3v) is 4.25. The van der Waals surface area contributed by atoms with Gasteiger partial charge in [-0.3, -0.25) is 9.63 Å². The smallest absolute Gasteiger partial charge is 0.254 e. The van der Waals surface area contributed by atoms with Gasteiger partial charge in [0.2, 0.25) is 0 Å². The first kappa shape index (κ1) is 13.1. The molecule has 0 aliphatic carbocycles. The summed E-state index contributed by atoms with van der Waals surface area (Å²) in [6.45, 7) is 6.68. The van der Waals surface area contributed by atoms with Crippen LogP contribution in [0.1, 0.15) is 39.2 Å². The van der Waals surface area contributed by atoms with E-state index in [-0.39, 0.29) is 17.4 Å². The van der Waals surface area contributed by atoms with Crippen molar-refractivity contribution >= 4 is 5.91 Å². The molecule has 0 spiro atoms. The van der Waals surface area contributed by atoms with Crippen LogP contribution in [0.25, 0.3) is 0 Å². The molecule has 1 aromatic carbocycles. The number of carbonyl (C=O) groups is 1. The second kappa shape index (κ2) is 5.11. The van der Waals surface area contributed by atoms with Crippen molar-refractivity contribution < 1.29 is 9.63 Å². The molecular formula is C15H21NO2. The normalized spacial score (nSPS) is 21.8. The molecule has 1 atom stereocenters. The zero-order chi connectivity index (χ0) is 13.2. The fourth-order valence-electron chi connectivity index (χ4n) is 2.76. The average Bonchev–Trinajstić information content (AvgIpc) is 2.42. The highest BCUT2D eigenvalue weighted by molar-refractivity contribution is 5.88. The lowest BCUT2D eigenvalue weighted by atomic mass is 9.69.